The zero-order valence-corrected chi connectivity index (χ0v) is 10.3. The largest absolute Gasteiger partial charge is 0.494 e. The molecule has 1 aromatic heterocycles. The molecule has 0 atom stereocenters. The molecule has 0 saturated carbocycles. The van der Waals surface area contributed by atoms with E-state index in [0.29, 0.717) is 10.6 Å². The topological polar surface area (TPSA) is 33.0 Å². The van der Waals surface area contributed by atoms with E-state index in [1.807, 2.05) is 18.2 Å². The smallest absolute Gasteiger partial charge is 0.155 e. The van der Waals surface area contributed by atoms with E-state index in [4.69, 9.17) is 10.00 Å². The Kier molecular flexibility index (Phi) is 2.61. The summed E-state index contributed by atoms with van der Waals surface area (Å²) >= 11 is 3.72. The SMILES string of the molecule is COc1c(C#N)sc2ccc(I)cc12. The molecule has 0 radical (unpaired) electrons. The lowest BCUT2D eigenvalue weighted by Gasteiger charge is -1.97. The maximum atomic E-state index is 8.90. The Labute approximate surface area is 99.3 Å². The fourth-order valence-corrected chi connectivity index (χ4v) is 2.76. The van der Waals surface area contributed by atoms with Gasteiger partial charge in [-0.2, -0.15) is 5.26 Å². The van der Waals surface area contributed by atoms with Crippen LogP contribution in [0.15, 0.2) is 18.2 Å². The van der Waals surface area contributed by atoms with Gasteiger partial charge in [0.1, 0.15) is 10.9 Å². The number of ether oxygens (including phenoxy) is 1. The van der Waals surface area contributed by atoms with Gasteiger partial charge < -0.3 is 4.74 Å². The lowest BCUT2D eigenvalue weighted by molar-refractivity contribution is 0.420. The lowest BCUT2D eigenvalue weighted by Crippen LogP contribution is -1.82. The Hall–Kier alpha value is -0.800. The van der Waals surface area contributed by atoms with E-state index in [1.54, 1.807) is 7.11 Å². The summed E-state index contributed by atoms with van der Waals surface area (Å²) in [5.41, 5.74) is 0. The van der Waals surface area contributed by atoms with Crippen LogP contribution in [0.3, 0.4) is 0 Å². The van der Waals surface area contributed by atoms with Crippen molar-refractivity contribution in [2.24, 2.45) is 0 Å². The Morgan fingerprint density at radius 2 is 2.29 bits per heavy atom. The third kappa shape index (κ3) is 1.47. The van der Waals surface area contributed by atoms with Crippen LogP contribution in [0.2, 0.25) is 0 Å². The van der Waals surface area contributed by atoms with Gasteiger partial charge in [-0.05, 0) is 40.8 Å². The first-order chi connectivity index (χ1) is 6.76. The van der Waals surface area contributed by atoms with Gasteiger partial charge >= 0.3 is 0 Å². The average Bonchev–Trinajstić information content (AvgIpc) is 2.54. The van der Waals surface area contributed by atoms with Gasteiger partial charge in [-0.15, -0.1) is 11.3 Å². The molecule has 70 valence electrons. The summed E-state index contributed by atoms with van der Waals surface area (Å²) < 4.78 is 7.47. The molecule has 0 N–H and O–H groups in total. The molecule has 0 unspecified atom stereocenters. The summed E-state index contributed by atoms with van der Waals surface area (Å²) in [7, 11) is 1.60. The normalized spacial score (nSPS) is 10.1. The van der Waals surface area contributed by atoms with Crippen molar-refractivity contribution >= 4 is 44.0 Å². The highest BCUT2D eigenvalue weighted by Crippen LogP contribution is 2.37. The first-order valence-corrected chi connectivity index (χ1v) is 5.82. The fraction of sp³-hybridized carbons (Fsp3) is 0.100. The number of nitrogens with zero attached hydrogens (tertiary/aromatic N) is 1. The van der Waals surface area contributed by atoms with Crippen molar-refractivity contribution in [3.05, 3.63) is 26.6 Å². The second-order valence-corrected chi connectivity index (χ2v) is 5.01. The van der Waals surface area contributed by atoms with E-state index in [1.165, 1.54) is 11.3 Å². The molecule has 0 aliphatic heterocycles. The van der Waals surface area contributed by atoms with Crippen LogP contribution >= 0.6 is 33.9 Å². The second kappa shape index (κ2) is 3.75. The molecule has 0 fully saturated rings. The summed E-state index contributed by atoms with van der Waals surface area (Å²) in [4.78, 5) is 0.643. The van der Waals surface area contributed by atoms with Crippen LogP contribution in [0, 0.1) is 14.9 Å². The maximum absolute atomic E-state index is 8.90. The van der Waals surface area contributed by atoms with Crippen molar-refractivity contribution < 1.29 is 4.74 Å². The molecule has 4 heteroatoms. The van der Waals surface area contributed by atoms with Gasteiger partial charge in [-0.25, -0.2) is 0 Å². The highest BCUT2D eigenvalue weighted by atomic mass is 127. The highest BCUT2D eigenvalue weighted by molar-refractivity contribution is 14.1. The van der Waals surface area contributed by atoms with Crippen LogP contribution in [0.4, 0.5) is 0 Å². The van der Waals surface area contributed by atoms with Crippen molar-refractivity contribution in [1.82, 2.24) is 0 Å². The predicted octanol–water partition coefficient (Wildman–Crippen LogP) is 3.39. The van der Waals surface area contributed by atoms with Crippen molar-refractivity contribution in [2.45, 2.75) is 0 Å². The molecular weight excluding hydrogens is 309 g/mol. The van der Waals surface area contributed by atoms with E-state index < -0.39 is 0 Å². The molecule has 2 rings (SSSR count). The van der Waals surface area contributed by atoms with Gasteiger partial charge in [0.2, 0.25) is 0 Å². The number of thiophene rings is 1. The third-order valence-electron chi connectivity index (χ3n) is 1.91. The molecule has 1 heterocycles. The van der Waals surface area contributed by atoms with Crippen molar-refractivity contribution in [3.8, 4) is 11.8 Å². The van der Waals surface area contributed by atoms with E-state index >= 15 is 0 Å². The van der Waals surface area contributed by atoms with E-state index in [2.05, 4.69) is 28.7 Å². The fourth-order valence-electron chi connectivity index (χ4n) is 1.32. The number of fused-ring (bicyclic) bond motifs is 1. The van der Waals surface area contributed by atoms with Crippen LogP contribution in [0.1, 0.15) is 4.88 Å². The molecule has 0 aliphatic rings. The number of rotatable bonds is 1. The van der Waals surface area contributed by atoms with Gasteiger partial charge in [0, 0.05) is 13.7 Å². The third-order valence-corrected chi connectivity index (χ3v) is 3.64. The minimum absolute atomic E-state index is 0.643. The minimum Gasteiger partial charge on any atom is -0.494 e. The van der Waals surface area contributed by atoms with Gasteiger partial charge in [-0.1, -0.05) is 0 Å². The maximum Gasteiger partial charge on any atom is 0.155 e. The summed E-state index contributed by atoms with van der Waals surface area (Å²) in [5.74, 6) is 0.700. The number of hydrogen-bond donors (Lipinski definition) is 0. The van der Waals surface area contributed by atoms with E-state index in [0.717, 1.165) is 13.7 Å². The summed E-state index contributed by atoms with van der Waals surface area (Å²) in [6.45, 7) is 0. The number of methoxy groups -OCH3 is 1. The first-order valence-electron chi connectivity index (χ1n) is 3.92. The standard InChI is InChI=1S/C10H6INOS/c1-13-10-7-4-6(11)2-3-8(7)14-9(10)5-12/h2-4H,1H3. The quantitative estimate of drug-likeness (QED) is 0.756. The van der Waals surface area contributed by atoms with Crippen molar-refractivity contribution in [2.75, 3.05) is 7.11 Å². The van der Waals surface area contributed by atoms with Crippen LogP contribution in [-0.2, 0) is 0 Å². The molecule has 0 amide bonds. The van der Waals surface area contributed by atoms with E-state index in [9.17, 15) is 0 Å². The molecule has 2 nitrogen and oxygen atoms in total. The average molecular weight is 315 g/mol. The Bertz CT molecular complexity index is 527. The molecule has 0 aliphatic carbocycles. The summed E-state index contributed by atoms with van der Waals surface area (Å²) in [6.07, 6.45) is 0. The van der Waals surface area contributed by atoms with Gasteiger partial charge in [0.15, 0.2) is 5.75 Å². The summed E-state index contributed by atoms with van der Waals surface area (Å²) in [6, 6.07) is 8.23. The van der Waals surface area contributed by atoms with Crippen LogP contribution in [0.5, 0.6) is 5.75 Å². The monoisotopic (exact) mass is 315 g/mol. The second-order valence-electron chi connectivity index (χ2n) is 2.72. The zero-order chi connectivity index (χ0) is 10.1. The molecule has 2 aromatic rings. The highest BCUT2D eigenvalue weighted by Gasteiger charge is 2.11. The molecule has 14 heavy (non-hydrogen) atoms. The Morgan fingerprint density at radius 1 is 1.50 bits per heavy atom. The summed E-state index contributed by atoms with van der Waals surface area (Å²) in [5, 5.41) is 9.93. The molecular formula is C10H6INOS. The number of nitriles is 1. The van der Waals surface area contributed by atoms with Crippen LogP contribution < -0.4 is 4.74 Å². The van der Waals surface area contributed by atoms with Gasteiger partial charge in [-0.3, -0.25) is 0 Å². The van der Waals surface area contributed by atoms with Crippen LogP contribution in [-0.4, -0.2) is 7.11 Å². The van der Waals surface area contributed by atoms with E-state index in [-0.39, 0.29) is 0 Å². The minimum atomic E-state index is 0.643. The van der Waals surface area contributed by atoms with Crippen molar-refractivity contribution in [3.63, 3.8) is 0 Å². The number of hydrogen-bond acceptors (Lipinski definition) is 3. The molecule has 0 spiro atoms. The molecule has 1 aromatic carbocycles. The molecule has 0 saturated heterocycles. The molecule has 0 bridgehead atoms. The lowest BCUT2D eigenvalue weighted by atomic mass is 10.2. The predicted molar refractivity (Wildman–Crippen MR) is 65.8 cm³/mol. The zero-order valence-electron chi connectivity index (χ0n) is 7.37. The van der Waals surface area contributed by atoms with Gasteiger partial charge in [0.25, 0.3) is 0 Å². The Morgan fingerprint density at radius 3 is 2.93 bits per heavy atom. The number of halogens is 1. The van der Waals surface area contributed by atoms with Crippen LogP contribution in [0.25, 0.3) is 10.1 Å². The van der Waals surface area contributed by atoms with Gasteiger partial charge in [0.05, 0.1) is 7.11 Å². The first kappa shape index (κ1) is 9.74. The number of benzene rings is 1. The van der Waals surface area contributed by atoms with Crippen molar-refractivity contribution in [1.29, 1.82) is 5.26 Å². The Balaban J connectivity index is 2.83.